The predicted octanol–water partition coefficient (Wildman–Crippen LogP) is 4.73. The maximum atomic E-state index is 12.9. The van der Waals surface area contributed by atoms with E-state index in [9.17, 15) is 13.2 Å². The molecule has 1 aromatic heterocycles. The molecular formula is C13H9ClF3N. The number of pyridine rings is 1. The second kappa shape index (κ2) is 4.61. The molecule has 0 unspecified atom stereocenters. The van der Waals surface area contributed by atoms with Crippen LogP contribution < -0.4 is 0 Å². The van der Waals surface area contributed by atoms with E-state index in [4.69, 9.17) is 11.6 Å². The van der Waals surface area contributed by atoms with Crippen molar-refractivity contribution in [3.8, 4) is 11.3 Å². The van der Waals surface area contributed by atoms with Crippen molar-refractivity contribution in [2.24, 2.45) is 0 Å². The van der Waals surface area contributed by atoms with Crippen LogP contribution in [0.15, 0.2) is 36.4 Å². The van der Waals surface area contributed by atoms with Gasteiger partial charge in [-0.05, 0) is 19.1 Å². The van der Waals surface area contributed by atoms with E-state index in [2.05, 4.69) is 4.98 Å². The zero-order chi connectivity index (χ0) is 13.3. The third-order valence-corrected chi connectivity index (χ3v) is 2.70. The summed E-state index contributed by atoms with van der Waals surface area (Å²) in [4.78, 5) is 3.78. The van der Waals surface area contributed by atoms with Gasteiger partial charge in [0.2, 0.25) is 0 Å². The topological polar surface area (TPSA) is 12.9 Å². The minimum Gasteiger partial charge on any atom is -0.235 e. The van der Waals surface area contributed by atoms with Crippen LogP contribution in [-0.2, 0) is 6.18 Å². The monoisotopic (exact) mass is 271 g/mol. The summed E-state index contributed by atoms with van der Waals surface area (Å²) in [6.07, 6.45) is -4.45. The summed E-state index contributed by atoms with van der Waals surface area (Å²) in [6.45, 7) is 1.86. The lowest BCUT2D eigenvalue weighted by Gasteiger charge is -2.12. The van der Waals surface area contributed by atoms with Gasteiger partial charge in [0.25, 0.3) is 0 Å². The smallest absolute Gasteiger partial charge is 0.235 e. The van der Waals surface area contributed by atoms with Gasteiger partial charge in [0.05, 0.1) is 11.3 Å². The van der Waals surface area contributed by atoms with E-state index in [1.54, 1.807) is 24.3 Å². The molecule has 1 nitrogen and oxygen atoms in total. The summed E-state index contributed by atoms with van der Waals surface area (Å²) in [6, 6.07) is 8.76. The Hall–Kier alpha value is -1.55. The van der Waals surface area contributed by atoms with Gasteiger partial charge < -0.3 is 0 Å². The van der Waals surface area contributed by atoms with Crippen LogP contribution in [0.1, 0.15) is 11.1 Å². The number of hydrogen-bond acceptors (Lipinski definition) is 1. The summed E-state index contributed by atoms with van der Waals surface area (Å²) < 4.78 is 38.6. The number of rotatable bonds is 1. The van der Waals surface area contributed by atoms with E-state index >= 15 is 0 Å². The summed E-state index contributed by atoms with van der Waals surface area (Å²) in [5, 5.41) is 0.0403. The Morgan fingerprint density at radius 1 is 1.00 bits per heavy atom. The first-order valence-corrected chi connectivity index (χ1v) is 5.56. The van der Waals surface area contributed by atoms with Gasteiger partial charge in [-0.1, -0.05) is 41.4 Å². The first-order chi connectivity index (χ1) is 8.38. The molecule has 0 aliphatic carbocycles. The van der Waals surface area contributed by atoms with E-state index in [0.717, 1.165) is 17.7 Å². The maximum Gasteiger partial charge on any atom is 0.418 e. The summed E-state index contributed by atoms with van der Waals surface area (Å²) in [5.74, 6) is 0. The van der Waals surface area contributed by atoms with Crippen LogP contribution in [0.4, 0.5) is 13.2 Å². The second-order valence-electron chi connectivity index (χ2n) is 3.89. The molecule has 0 spiro atoms. The predicted molar refractivity (Wildman–Crippen MR) is 64.4 cm³/mol. The Morgan fingerprint density at radius 3 is 2.17 bits per heavy atom. The van der Waals surface area contributed by atoms with Crippen LogP contribution in [0.5, 0.6) is 0 Å². The van der Waals surface area contributed by atoms with Crippen molar-refractivity contribution >= 4 is 11.6 Å². The lowest BCUT2D eigenvalue weighted by molar-refractivity contribution is -0.137. The Balaban J connectivity index is 2.62. The van der Waals surface area contributed by atoms with Crippen LogP contribution in [0.25, 0.3) is 11.3 Å². The van der Waals surface area contributed by atoms with Crippen molar-refractivity contribution in [1.82, 2.24) is 4.98 Å². The molecule has 0 bridgehead atoms. The zero-order valence-electron chi connectivity index (χ0n) is 9.42. The average molecular weight is 272 g/mol. The van der Waals surface area contributed by atoms with Gasteiger partial charge >= 0.3 is 6.18 Å². The van der Waals surface area contributed by atoms with E-state index in [-0.39, 0.29) is 10.8 Å². The number of alkyl halides is 3. The molecule has 0 amide bonds. The van der Waals surface area contributed by atoms with Crippen LogP contribution in [-0.4, -0.2) is 4.98 Å². The van der Waals surface area contributed by atoms with Gasteiger partial charge in [0.1, 0.15) is 5.15 Å². The quantitative estimate of drug-likeness (QED) is 0.683. The van der Waals surface area contributed by atoms with Crippen molar-refractivity contribution in [2.75, 3.05) is 0 Å². The van der Waals surface area contributed by atoms with E-state index in [0.29, 0.717) is 5.56 Å². The molecule has 94 valence electrons. The second-order valence-corrected chi connectivity index (χ2v) is 4.28. The zero-order valence-corrected chi connectivity index (χ0v) is 10.2. The van der Waals surface area contributed by atoms with Gasteiger partial charge in [-0.2, -0.15) is 13.2 Å². The Morgan fingerprint density at radius 2 is 1.61 bits per heavy atom. The molecular weight excluding hydrogens is 263 g/mol. The van der Waals surface area contributed by atoms with Crippen LogP contribution in [0, 0.1) is 6.92 Å². The Kier molecular flexibility index (Phi) is 3.30. The number of nitrogens with zero attached hydrogens (tertiary/aromatic N) is 1. The largest absolute Gasteiger partial charge is 0.418 e. The van der Waals surface area contributed by atoms with Gasteiger partial charge in [0.15, 0.2) is 0 Å². The highest BCUT2D eigenvalue weighted by Gasteiger charge is 2.34. The Labute approximate surface area is 107 Å². The number of aromatic nitrogens is 1. The number of hydrogen-bond donors (Lipinski definition) is 0. The summed E-state index contributed by atoms with van der Waals surface area (Å²) in [7, 11) is 0. The van der Waals surface area contributed by atoms with Gasteiger partial charge in [-0.25, -0.2) is 4.98 Å². The standard InChI is InChI=1S/C13H9ClF3N/c1-8-2-4-9(5-3-8)12-10(13(15,16)17)6-7-11(14)18-12/h2-7H,1H3. The van der Waals surface area contributed by atoms with Crippen molar-refractivity contribution < 1.29 is 13.2 Å². The minimum atomic E-state index is -4.45. The fraction of sp³-hybridized carbons (Fsp3) is 0.154. The fourth-order valence-electron chi connectivity index (χ4n) is 1.60. The van der Waals surface area contributed by atoms with Crippen LogP contribution >= 0.6 is 11.6 Å². The SMILES string of the molecule is Cc1ccc(-c2nc(Cl)ccc2C(F)(F)F)cc1. The lowest BCUT2D eigenvalue weighted by Crippen LogP contribution is -2.08. The maximum absolute atomic E-state index is 12.9. The number of aryl methyl sites for hydroxylation is 1. The number of benzene rings is 1. The van der Waals surface area contributed by atoms with Crippen LogP contribution in [0.2, 0.25) is 5.15 Å². The molecule has 0 saturated carbocycles. The van der Waals surface area contributed by atoms with E-state index < -0.39 is 11.7 Å². The van der Waals surface area contributed by atoms with Crippen molar-refractivity contribution in [3.05, 3.63) is 52.7 Å². The molecule has 0 aliphatic rings. The third kappa shape index (κ3) is 2.64. The fourth-order valence-corrected chi connectivity index (χ4v) is 1.74. The molecule has 18 heavy (non-hydrogen) atoms. The van der Waals surface area contributed by atoms with Gasteiger partial charge in [-0.3, -0.25) is 0 Å². The molecule has 0 aliphatic heterocycles. The highest BCUT2D eigenvalue weighted by molar-refractivity contribution is 6.29. The lowest BCUT2D eigenvalue weighted by atomic mass is 10.0. The molecule has 1 aromatic carbocycles. The highest BCUT2D eigenvalue weighted by Crippen LogP contribution is 2.36. The average Bonchev–Trinajstić information content (AvgIpc) is 2.28. The van der Waals surface area contributed by atoms with Gasteiger partial charge in [-0.15, -0.1) is 0 Å². The highest BCUT2D eigenvalue weighted by atomic mass is 35.5. The first-order valence-electron chi connectivity index (χ1n) is 5.19. The van der Waals surface area contributed by atoms with E-state index in [1.807, 2.05) is 6.92 Å². The third-order valence-electron chi connectivity index (χ3n) is 2.49. The van der Waals surface area contributed by atoms with Crippen molar-refractivity contribution in [2.45, 2.75) is 13.1 Å². The first kappa shape index (κ1) is 12.9. The molecule has 0 saturated heterocycles. The normalized spacial score (nSPS) is 11.6. The molecule has 2 rings (SSSR count). The molecule has 2 aromatic rings. The minimum absolute atomic E-state index is 0.0403. The molecule has 1 heterocycles. The number of halogens is 4. The summed E-state index contributed by atoms with van der Waals surface area (Å²) >= 11 is 5.67. The molecule has 0 atom stereocenters. The van der Waals surface area contributed by atoms with Gasteiger partial charge in [0, 0.05) is 5.56 Å². The molecule has 0 fully saturated rings. The summed E-state index contributed by atoms with van der Waals surface area (Å²) in [5.41, 5.74) is 0.440. The molecule has 5 heteroatoms. The van der Waals surface area contributed by atoms with Crippen molar-refractivity contribution in [1.29, 1.82) is 0 Å². The van der Waals surface area contributed by atoms with E-state index in [1.165, 1.54) is 0 Å². The molecule has 0 N–H and O–H groups in total. The van der Waals surface area contributed by atoms with Crippen molar-refractivity contribution in [3.63, 3.8) is 0 Å². The molecule has 0 radical (unpaired) electrons. The van der Waals surface area contributed by atoms with Crippen LogP contribution in [0.3, 0.4) is 0 Å². The Bertz CT molecular complexity index is 561.